The van der Waals surface area contributed by atoms with Crippen molar-refractivity contribution >= 4 is 34.6 Å². The molecule has 1 aliphatic heterocycles. The highest BCUT2D eigenvalue weighted by Crippen LogP contribution is 2.29. The lowest BCUT2D eigenvalue weighted by Crippen LogP contribution is -2.19. The molecular weight excluding hydrogens is 428 g/mol. The third kappa shape index (κ3) is 6.59. The third-order valence-electron chi connectivity index (χ3n) is 5.32. The smallest absolute Gasteiger partial charge is 0.264 e. The van der Waals surface area contributed by atoms with E-state index in [1.165, 1.54) is 35.7 Å². The lowest BCUT2D eigenvalue weighted by atomic mass is 10.1. The summed E-state index contributed by atoms with van der Waals surface area (Å²) in [5, 5.41) is 3.46. The number of nitrogens with one attached hydrogen (secondary N) is 1. The van der Waals surface area contributed by atoms with Gasteiger partial charge in [0.1, 0.15) is 12.4 Å². The molecule has 0 radical (unpaired) electrons. The summed E-state index contributed by atoms with van der Waals surface area (Å²) in [5.41, 5.74) is 5.41. The number of nitrogens with zero attached hydrogens (tertiary/aromatic N) is 1. The van der Waals surface area contributed by atoms with E-state index in [0.29, 0.717) is 16.7 Å². The first kappa shape index (κ1) is 22.9. The van der Waals surface area contributed by atoms with Crippen molar-refractivity contribution in [3.8, 4) is 5.75 Å². The van der Waals surface area contributed by atoms with Crippen molar-refractivity contribution in [2.24, 2.45) is 4.99 Å². The summed E-state index contributed by atoms with van der Waals surface area (Å²) < 4.78 is 5.94. The second-order valence-electron chi connectivity index (χ2n) is 8.10. The van der Waals surface area contributed by atoms with E-state index in [2.05, 4.69) is 60.6 Å². The first-order chi connectivity index (χ1) is 16.1. The van der Waals surface area contributed by atoms with E-state index in [4.69, 9.17) is 4.74 Å². The highest BCUT2D eigenvalue weighted by Gasteiger charge is 2.23. The van der Waals surface area contributed by atoms with Crippen LogP contribution >= 0.6 is 11.8 Å². The first-order valence-electron chi connectivity index (χ1n) is 11.3. The molecule has 4 rings (SSSR count). The Morgan fingerprint density at radius 1 is 1.00 bits per heavy atom. The summed E-state index contributed by atoms with van der Waals surface area (Å²) in [6.07, 6.45) is 5.32. The summed E-state index contributed by atoms with van der Waals surface area (Å²) >= 11 is 1.35. The number of amidine groups is 1. The largest absolute Gasteiger partial charge is 0.489 e. The summed E-state index contributed by atoms with van der Waals surface area (Å²) in [6, 6.07) is 24.3. The molecule has 0 aliphatic carbocycles. The van der Waals surface area contributed by atoms with Crippen molar-refractivity contribution in [1.82, 2.24) is 5.32 Å². The zero-order valence-corrected chi connectivity index (χ0v) is 19.8. The zero-order chi connectivity index (χ0) is 23.0. The van der Waals surface area contributed by atoms with Gasteiger partial charge in [0.05, 0.1) is 10.6 Å². The number of hydrogen-bond donors (Lipinski definition) is 1. The Morgan fingerprint density at radius 2 is 1.76 bits per heavy atom. The lowest BCUT2D eigenvalue weighted by molar-refractivity contribution is -0.115. The van der Waals surface area contributed by atoms with Crippen LogP contribution < -0.4 is 10.1 Å². The van der Waals surface area contributed by atoms with Gasteiger partial charge in [0.25, 0.3) is 5.91 Å². The third-order valence-corrected chi connectivity index (χ3v) is 6.23. The molecule has 0 atom stereocenters. The summed E-state index contributed by atoms with van der Waals surface area (Å²) in [7, 11) is 0. The van der Waals surface area contributed by atoms with Gasteiger partial charge in [-0.25, -0.2) is 4.99 Å². The molecule has 1 fully saturated rings. The monoisotopic (exact) mass is 456 g/mol. The molecule has 1 saturated heterocycles. The Labute approximate surface area is 199 Å². The quantitative estimate of drug-likeness (QED) is 0.379. The molecule has 0 unspecified atom stereocenters. The Hall–Kier alpha value is -3.31. The standard InChI is InChI=1S/C28H28N2O2S/c1-3-4-6-21-13-15-24(16-14-21)29-28-30-27(31)26(33-28)18-23-7-5-8-25(17-23)32-19-22-11-9-20(2)10-12-22/h5,7-18H,3-4,6,19H2,1-2H3,(H,29,30,31). The van der Waals surface area contributed by atoms with Crippen LogP contribution in [0.25, 0.3) is 6.08 Å². The minimum atomic E-state index is -0.135. The second kappa shape index (κ2) is 11.0. The Kier molecular flexibility index (Phi) is 7.63. The molecule has 1 aliphatic rings. The molecule has 0 aromatic heterocycles. The zero-order valence-electron chi connectivity index (χ0n) is 19.0. The maximum atomic E-state index is 12.5. The van der Waals surface area contributed by atoms with Crippen LogP contribution in [-0.4, -0.2) is 11.1 Å². The number of carbonyl (C=O) groups excluding carboxylic acids is 1. The molecular formula is C28H28N2O2S. The number of hydrogen-bond acceptors (Lipinski definition) is 4. The van der Waals surface area contributed by atoms with E-state index in [0.717, 1.165) is 29.0 Å². The number of aryl methyl sites for hydroxylation is 2. The fourth-order valence-electron chi connectivity index (χ4n) is 3.41. The minimum Gasteiger partial charge on any atom is -0.489 e. The number of aliphatic imine (C=N–C) groups is 1. The van der Waals surface area contributed by atoms with Gasteiger partial charge in [-0.1, -0.05) is 67.4 Å². The maximum absolute atomic E-state index is 12.5. The highest BCUT2D eigenvalue weighted by atomic mass is 32.2. The topological polar surface area (TPSA) is 50.7 Å². The molecule has 0 bridgehead atoms. The van der Waals surface area contributed by atoms with Gasteiger partial charge in [0.2, 0.25) is 0 Å². The maximum Gasteiger partial charge on any atom is 0.264 e. The molecule has 5 heteroatoms. The minimum absolute atomic E-state index is 0.135. The summed E-state index contributed by atoms with van der Waals surface area (Å²) in [6.45, 7) is 4.77. The number of carbonyl (C=O) groups is 1. The van der Waals surface area contributed by atoms with Gasteiger partial charge in [-0.3, -0.25) is 4.79 Å². The number of ether oxygens (including phenoxy) is 1. The Morgan fingerprint density at radius 3 is 2.52 bits per heavy atom. The van der Waals surface area contributed by atoms with Crippen LogP contribution in [0.1, 0.15) is 42.0 Å². The van der Waals surface area contributed by atoms with Crippen LogP contribution in [0.15, 0.2) is 82.7 Å². The number of rotatable bonds is 8. The van der Waals surface area contributed by atoms with Crippen molar-refractivity contribution < 1.29 is 9.53 Å². The van der Waals surface area contributed by atoms with E-state index < -0.39 is 0 Å². The molecule has 3 aromatic rings. The molecule has 4 nitrogen and oxygen atoms in total. The first-order valence-corrected chi connectivity index (χ1v) is 12.1. The van der Waals surface area contributed by atoms with E-state index in [1.54, 1.807) is 0 Å². The molecule has 1 heterocycles. The van der Waals surface area contributed by atoms with Crippen LogP contribution in [0.3, 0.4) is 0 Å². The Balaban J connectivity index is 1.40. The van der Waals surface area contributed by atoms with Gasteiger partial charge in [-0.15, -0.1) is 0 Å². The fraction of sp³-hybridized carbons (Fsp3) is 0.214. The lowest BCUT2D eigenvalue weighted by Gasteiger charge is -2.07. The van der Waals surface area contributed by atoms with Crippen molar-refractivity contribution in [2.45, 2.75) is 39.7 Å². The molecule has 3 aromatic carbocycles. The predicted octanol–water partition coefficient (Wildman–Crippen LogP) is 6.81. The van der Waals surface area contributed by atoms with E-state index in [-0.39, 0.29) is 5.91 Å². The van der Waals surface area contributed by atoms with Crippen LogP contribution in [0, 0.1) is 6.92 Å². The molecule has 33 heavy (non-hydrogen) atoms. The van der Waals surface area contributed by atoms with Crippen molar-refractivity contribution in [3.05, 3.63) is 100.0 Å². The molecule has 168 valence electrons. The van der Waals surface area contributed by atoms with Crippen LogP contribution in [0.2, 0.25) is 0 Å². The van der Waals surface area contributed by atoms with Gasteiger partial charge in [-0.05, 0) is 78.6 Å². The normalized spacial score (nSPS) is 15.8. The van der Waals surface area contributed by atoms with Crippen LogP contribution in [0.4, 0.5) is 5.69 Å². The average Bonchev–Trinajstić information content (AvgIpc) is 3.17. The van der Waals surface area contributed by atoms with Gasteiger partial charge >= 0.3 is 0 Å². The van der Waals surface area contributed by atoms with Gasteiger partial charge in [0.15, 0.2) is 5.17 Å². The fourth-order valence-corrected chi connectivity index (χ4v) is 4.25. The Bertz CT molecular complexity index is 1170. The van der Waals surface area contributed by atoms with Crippen LogP contribution in [0.5, 0.6) is 5.75 Å². The van der Waals surface area contributed by atoms with Crippen molar-refractivity contribution in [1.29, 1.82) is 0 Å². The van der Waals surface area contributed by atoms with E-state index in [9.17, 15) is 4.79 Å². The molecule has 1 N–H and O–H groups in total. The number of amides is 1. The summed E-state index contributed by atoms with van der Waals surface area (Å²) in [5.74, 6) is 0.634. The van der Waals surface area contributed by atoms with Crippen LogP contribution in [-0.2, 0) is 17.8 Å². The molecule has 0 saturated carbocycles. The molecule has 0 spiro atoms. The van der Waals surface area contributed by atoms with E-state index >= 15 is 0 Å². The second-order valence-corrected chi connectivity index (χ2v) is 9.13. The van der Waals surface area contributed by atoms with Gasteiger partial charge < -0.3 is 10.1 Å². The van der Waals surface area contributed by atoms with Crippen molar-refractivity contribution in [2.75, 3.05) is 0 Å². The van der Waals surface area contributed by atoms with E-state index in [1.807, 2.05) is 42.5 Å². The van der Waals surface area contributed by atoms with Gasteiger partial charge in [-0.2, -0.15) is 0 Å². The predicted molar refractivity (Wildman–Crippen MR) is 138 cm³/mol. The average molecular weight is 457 g/mol. The number of thioether (sulfide) groups is 1. The highest BCUT2D eigenvalue weighted by molar-refractivity contribution is 8.18. The van der Waals surface area contributed by atoms with Gasteiger partial charge in [0, 0.05) is 0 Å². The van der Waals surface area contributed by atoms with Crippen molar-refractivity contribution in [3.63, 3.8) is 0 Å². The summed E-state index contributed by atoms with van der Waals surface area (Å²) in [4.78, 5) is 17.7. The molecule has 1 amide bonds. The SMILES string of the molecule is CCCCc1ccc(N=C2NC(=O)C(=Cc3cccc(OCc4ccc(C)cc4)c3)S2)cc1. The number of benzene rings is 3. The number of unbranched alkanes of at least 4 members (excludes halogenated alkanes) is 1.